The second-order valence-corrected chi connectivity index (χ2v) is 8.49. The van der Waals surface area contributed by atoms with Crippen molar-refractivity contribution >= 4 is 20.0 Å². The molecule has 0 saturated carbocycles. The van der Waals surface area contributed by atoms with Gasteiger partial charge < -0.3 is 4.74 Å². The quantitative estimate of drug-likeness (QED) is 0.815. The van der Waals surface area contributed by atoms with Crippen molar-refractivity contribution < 1.29 is 21.6 Å². The lowest BCUT2D eigenvalue weighted by Crippen LogP contribution is -2.51. The average molecular weight is 334 g/mol. The molecule has 3 N–H and O–H groups in total. The van der Waals surface area contributed by atoms with Gasteiger partial charge in [0.25, 0.3) is 0 Å². The van der Waals surface area contributed by atoms with Crippen molar-refractivity contribution in [3.8, 4) is 0 Å². The lowest BCUT2D eigenvalue weighted by molar-refractivity contribution is 0.0386. The second kappa shape index (κ2) is 5.65. The van der Waals surface area contributed by atoms with Crippen molar-refractivity contribution in [3.63, 3.8) is 0 Å². The molecule has 0 spiro atoms. The third-order valence-electron chi connectivity index (χ3n) is 3.26. The van der Waals surface area contributed by atoms with E-state index < -0.39 is 30.5 Å². The van der Waals surface area contributed by atoms with Crippen LogP contribution in [0.3, 0.4) is 0 Å². The Balaban J connectivity index is 2.41. The fourth-order valence-corrected chi connectivity index (χ4v) is 5.11. The molecule has 1 unspecified atom stereocenters. The van der Waals surface area contributed by atoms with Gasteiger partial charge in [-0.05, 0) is 31.9 Å². The number of benzene rings is 1. The number of ether oxygens (including phenoxy) is 1. The molecule has 1 aromatic rings. The predicted molar refractivity (Wildman–Crippen MR) is 76.6 cm³/mol. The summed E-state index contributed by atoms with van der Waals surface area (Å²) in [4.78, 5) is -0.767. The number of nitrogens with one attached hydrogen (secondary N) is 1. The fraction of sp³-hybridized carbons (Fsp3) is 0.500. The fourth-order valence-electron chi connectivity index (χ4n) is 2.30. The predicted octanol–water partition coefficient (Wildman–Crippen LogP) is 0.181. The molecule has 7 nitrogen and oxygen atoms in total. The Bertz CT molecular complexity index is 722. The maximum absolute atomic E-state index is 12.5. The van der Waals surface area contributed by atoms with Crippen molar-refractivity contribution in [2.45, 2.75) is 35.1 Å². The highest BCUT2D eigenvalue weighted by molar-refractivity contribution is 7.92. The maximum atomic E-state index is 12.5. The summed E-state index contributed by atoms with van der Waals surface area (Å²) in [5, 5.41) is 5.08. The standard InChI is InChI=1S/C12H18N2O5S2/c1-12(7-4-8-19-9-12)14-21(17,18)11-6-3-2-5-10(11)20(13,15)16/h2-3,5-6,14H,4,7-9H2,1H3,(H2,13,15,16). The van der Waals surface area contributed by atoms with Crippen molar-refractivity contribution in [2.75, 3.05) is 13.2 Å². The summed E-state index contributed by atoms with van der Waals surface area (Å²) in [6, 6.07) is 5.26. The Morgan fingerprint density at radius 3 is 2.33 bits per heavy atom. The van der Waals surface area contributed by atoms with E-state index in [1.165, 1.54) is 24.3 Å². The first kappa shape index (κ1) is 16.4. The minimum absolute atomic E-state index is 0.240. The van der Waals surface area contributed by atoms with Crippen molar-refractivity contribution in [2.24, 2.45) is 5.14 Å². The van der Waals surface area contributed by atoms with Gasteiger partial charge in [-0.2, -0.15) is 0 Å². The summed E-state index contributed by atoms with van der Waals surface area (Å²) in [6.07, 6.45) is 1.35. The van der Waals surface area contributed by atoms with Crippen LogP contribution in [0.15, 0.2) is 34.1 Å². The van der Waals surface area contributed by atoms with E-state index in [0.29, 0.717) is 13.0 Å². The first-order chi connectivity index (χ1) is 9.64. The number of hydrogen-bond donors (Lipinski definition) is 2. The summed E-state index contributed by atoms with van der Waals surface area (Å²) < 4.78 is 55.9. The van der Waals surface area contributed by atoms with Crippen LogP contribution in [0.2, 0.25) is 0 Å². The molecule has 2 rings (SSSR count). The van der Waals surface area contributed by atoms with Crippen LogP contribution >= 0.6 is 0 Å². The van der Waals surface area contributed by atoms with Gasteiger partial charge in [0.2, 0.25) is 20.0 Å². The first-order valence-electron chi connectivity index (χ1n) is 6.38. The van der Waals surface area contributed by atoms with E-state index in [4.69, 9.17) is 9.88 Å². The average Bonchev–Trinajstić information content (AvgIpc) is 2.37. The Labute approximate surface area is 124 Å². The second-order valence-electron chi connectivity index (χ2n) is 5.31. The van der Waals surface area contributed by atoms with E-state index in [9.17, 15) is 16.8 Å². The highest BCUT2D eigenvalue weighted by Gasteiger charge is 2.34. The van der Waals surface area contributed by atoms with E-state index in [1.54, 1.807) is 6.92 Å². The number of hydrogen-bond acceptors (Lipinski definition) is 5. The molecule has 1 heterocycles. The zero-order valence-electron chi connectivity index (χ0n) is 11.6. The zero-order valence-corrected chi connectivity index (χ0v) is 13.2. The molecule has 0 bridgehead atoms. The topological polar surface area (TPSA) is 116 Å². The van der Waals surface area contributed by atoms with Gasteiger partial charge in [0.1, 0.15) is 9.79 Å². The zero-order chi connectivity index (χ0) is 15.7. The third kappa shape index (κ3) is 3.80. The summed E-state index contributed by atoms with van der Waals surface area (Å²) >= 11 is 0. The number of sulfonamides is 2. The molecule has 0 radical (unpaired) electrons. The lowest BCUT2D eigenvalue weighted by atomic mass is 9.97. The van der Waals surface area contributed by atoms with Gasteiger partial charge in [-0.1, -0.05) is 12.1 Å². The summed E-state index contributed by atoms with van der Waals surface area (Å²) in [6.45, 7) is 2.55. The van der Waals surface area contributed by atoms with Crippen molar-refractivity contribution in [1.29, 1.82) is 0 Å². The number of primary sulfonamides is 1. The Hall–Kier alpha value is -1.00. The molecule has 118 valence electrons. The van der Waals surface area contributed by atoms with Crippen LogP contribution in [0.25, 0.3) is 0 Å². The molecule has 0 aromatic heterocycles. The smallest absolute Gasteiger partial charge is 0.242 e. The summed E-state index contributed by atoms with van der Waals surface area (Å²) in [7, 11) is -8.15. The lowest BCUT2D eigenvalue weighted by Gasteiger charge is -2.34. The van der Waals surface area contributed by atoms with Crippen LogP contribution < -0.4 is 9.86 Å². The Kier molecular flexibility index (Phi) is 4.41. The van der Waals surface area contributed by atoms with Gasteiger partial charge in [0, 0.05) is 6.61 Å². The molecule has 1 aliphatic heterocycles. The summed E-state index contributed by atoms with van der Waals surface area (Å²) in [5.41, 5.74) is -0.761. The van der Waals surface area contributed by atoms with Gasteiger partial charge in [-0.15, -0.1) is 0 Å². The third-order valence-corrected chi connectivity index (χ3v) is 6.06. The van der Waals surface area contributed by atoms with Crippen molar-refractivity contribution in [3.05, 3.63) is 24.3 Å². The minimum atomic E-state index is -4.13. The molecular weight excluding hydrogens is 316 g/mol. The minimum Gasteiger partial charge on any atom is -0.380 e. The van der Waals surface area contributed by atoms with E-state index in [0.717, 1.165) is 6.42 Å². The maximum Gasteiger partial charge on any atom is 0.242 e. The van der Waals surface area contributed by atoms with Crippen LogP contribution in [-0.2, 0) is 24.8 Å². The van der Waals surface area contributed by atoms with Crippen LogP contribution in [0.1, 0.15) is 19.8 Å². The van der Waals surface area contributed by atoms with E-state index in [-0.39, 0.29) is 11.5 Å². The molecule has 1 atom stereocenters. The molecule has 9 heteroatoms. The normalized spacial score (nSPS) is 23.9. The highest BCUT2D eigenvalue weighted by atomic mass is 32.2. The van der Waals surface area contributed by atoms with Gasteiger partial charge in [-0.25, -0.2) is 26.7 Å². The van der Waals surface area contributed by atoms with E-state index in [1.807, 2.05) is 0 Å². The van der Waals surface area contributed by atoms with Gasteiger partial charge in [-0.3, -0.25) is 0 Å². The first-order valence-corrected chi connectivity index (χ1v) is 9.41. The SMILES string of the molecule is CC1(NS(=O)(=O)c2ccccc2S(N)(=O)=O)CCCOC1. The Morgan fingerprint density at radius 1 is 1.19 bits per heavy atom. The largest absolute Gasteiger partial charge is 0.380 e. The molecular formula is C12H18N2O5S2. The molecule has 1 aromatic carbocycles. The molecule has 1 saturated heterocycles. The van der Waals surface area contributed by atoms with Crippen LogP contribution in [0.4, 0.5) is 0 Å². The van der Waals surface area contributed by atoms with Crippen LogP contribution in [0.5, 0.6) is 0 Å². The van der Waals surface area contributed by atoms with Crippen molar-refractivity contribution in [1.82, 2.24) is 4.72 Å². The van der Waals surface area contributed by atoms with Gasteiger partial charge in [0.15, 0.2) is 0 Å². The van der Waals surface area contributed by atoms with Gasteiger partial charge >= 0.3 is 0 Å². The summed E-state index contributed by atoms with van der Waals surface area (Å²) in [5.74, 6) is 0. The molecule has 21 heavy (non-hydrogen) atoms. The number of rotatable bonds is 4. The molecule has 0 amide bonds. The van der Waals surface area contributed by atoms with E-state index >= 15 is 0 Å². The Morgan fingerprint density at radius 2 is 1.81 bits per heavy atom. The number of nitrogens with two attached hydrogens (primary N) is 1. The monoisotopic (exact) mass is 334 g/mol. The van der Waals surface area contributed by atoms with Crippen LogP contribution in [0, 0.1) is 0 Å². The van der Waals surface area contributed by atoms with Crippen LogP contribution in [-0.4, -0.2) is 35.6 Å². The molecule has 1 aliphatic rings. The molecule has 0 aliphatic carbocycles. The van der Waals surface area contributed by atoms with Gasteiger partial charge in [0.05, 0.1) is 12.1 Å². The molecule has 1 fully saturated rings. The highest BCUT2D eigenvalue weighted by Crippen LogP contribution is 2.24. The van der Waals surface area contributed by atoms with E-state index in [2.05, 4.69) is 4.72 Å².